The van der Waals surface area contributed by atoms with Crippen LogP contribution >= 0.6 is 0 Å². The first-order valence-corrected chi connectivity index (χ1v) is 15.5. The lowest BCUT2D eigenvalue weighted by Crippen LogP contribution is -2.70. The third-order valence-corrected chi connectivity index (χ3v) is 10.5. The van der Waals surface area contributed by atoms with E-state index in [0.717, 1.165) is 11.1 Å². The number of carbonyl (C=O) groups is 2. The van der Waals surface area contributed by atoms with Crippen molar-refractivity contribution in [1.82, 2.24) is 0 Å². The Labute approximate surface area is 267 Å². The van der Waals surface area contributed by atoms with Crippen LogP contribution in [0.2, 0.25) is 0 Å². The van der Waals surface area contributed by atoms with Crippen molar-refractivity contribution in [2.45, 2.75) is 68.9 Å². The molecule has 2 N–H and O–H groups in total. The van der Waals surface area contributed by atoms with Crippen molar-refractivity contribution in [2.24, 2.45) is 17.8 Å². The quantitative estimate of drug-likeness (QED) is 0.240. The number of hydrogen-bond acceptors (Lipinski definition) is 10. The van der Waals surface area contributed by atoms with E-state index >= 15 is 0 Å². The molecule has 5 aliphatic rings. The van der Waals surface area contributed by atoms with E-state index in [1.54, 1.807) is 6.92 Å². The highest BCUT2D eigenvalue weighted by molar-refractivity contribution is 6.04. The zero-order valence-corrected chi connectivity index (χ0v) is 26.3. The van der Waals surface area contributed by atoms with E-state index in [1.807, 2.05) is 49.4 Å². The highest BCUT2D eigenvalue weighted by atomic mass is 16.9. The first-order chi connectivity index (χ1) is 21.9. The summed E-state index contributed by atoms with van der Waals surface area (Å²) in [5.74, 6) is -3.11. The number of fused-ring (bicyclic) bond motifs is 2. The molecule has 10 heteroatoms. The van der Waals surface area contributed by atoms with Crippen LogP contribution in [0.15, 0.2) is 84.0 Å². The molecule has 0 radical (unpaired) electrons. The van der Waals surface area contributed by atoms with E-state index in [4.69, 9.17) is 28.4 Å². The minimum Gasteiger partial charge on any atom is -0.504 e. The van der Waals surface area contributed by atoms with Crippen LogP contribution in [0.25, 0.3) is 0 Å². The number of ketones is 1. The van der Waals surface area contributed by atoms with Crippen LogP contribution in [0.5, 0.6) is 17.2 Å². The van der Waals surface area contributed by atoms with Crippen molar-refractivity contribution >= 4 is 11.9 Å². The molecule has 2 heterocycles. The zero-order chi connectivity index (χ0) is 32.6. The fraction of sp³-hybridized carbons (Fsp3) is 0.444. The second kappa shape index (κ2) is 10.5. The van der Waals surface area contributed by atoms with Gasteiger partial charge in [0.2, 0.25) is 0 Å². The lowest BCUT2D eigenvalue weighted by atomic mass is 9.55. The van der Waals surface area contributed by atoms with Gasteiger partial charge in [-0.1, -0.05) is 56.0 Å². The number of carbonyl (C=O) groups excluding carboxylic acids is 2. The van der Waals surface area contributed by atoms with Gasteiger partial charge in [0.25, 0.3) is 5.97 Å². The molecule has 2 aliphatic heterocycles. The minimum atomic E-state index is -1.84. The molecule has 3 fully saturated rings. The Bertz CT molecular complexity index is 1680. The molecule has 0 amide bonds. The van der Waals surface area contributed by atoms with Gasteiger partial charge >= 0.3 is 6.16 Å². The second-order valence-corrected chi connectivity index (χ2v) is 13.3. The average molecular weight is 631 g/mol. The molecule has 3 aliphatic carbocycles. The molecule has 7 rings (SSSR count). The van der Waals surface area contributed by atoms with Crippen LogP contribution in [0.4, 0.5) is 4.79 Å². The largest absolute Gasteiger partial charge is 0.514 e. The molecular weight excluding hydrogens is 592 g/mol. The summed E-state index contributed by atoms with van der Waals surface area (Å²) in [6.45, 7) is 9.78. The molecule has 2 aromatic carbocycles. The Hall–Kier alpha value is -3.96. The van der Waals surface area contributed by atoms with E-state index in [0.29, 0.717) is 24.0 Å². The number of aromatic hydroxyl groups is 1. The molecule has 3 bridgehead atoms. The van der Waals surface area contributed by atoms with Gasteiger partial charge in [-0.3, -0.25) is 4.79 Å². The summed E-state index contributed by atoms with van der Waals surface area (Å²) >= 11 is 0. The van der Waals surface area contributed by atoms with Gasteiger partial charge < -0.3 is 38.6 Å². The minimum absolute atomic E-state index is 0.0711. The number of Topliss-reactive ketones (excluding diaryl/α,β-unsaturated/α-hetero) is 1. The molecule has 10 nitrogen and oxygen atoms in total. The first-order valence-electron chi connectivity index (χ1n) is 15.5. The molecule has 242 valence electrons. The number of phenols is 1. The van der Waals surface area contributed by atoms with Crippen LogP contribution in [0.1, 0.15) is 39.2 Å². The maximum Gasteiger partial charge on any atom is 0.514 e. The molecule has 2 aromatic rings. The molecule has 0 spiro atoms. The van der Waals surface area contributed by atoms with Gasteiger partial charge in [0.15, 0.2) is 17.3 Å². The number of aliphatic hydroxyl groups is 1. The van der Waals surface area contributed by atoms with E-state index in [2.05, 4.69) is 13.5 Å². The van der Waals surface area contributed by atoms with E-state index in [-0.39, 0.29) is 42.0 Å². The molecule has 0 aromatic heterocycles. The van der Waals surface area contributed by atoms with Gasteiger partial charge in [0.05, 0.1) is 19.1 Å². The van der Waals surface area contributed by atoms with Crippen molar-refractivity contribution in [3.63, 3.8) is 0 Å². The monoisotopic (exact) mass is 630 g/mol. The van der Waals surface area contributed by atoms with Crippen molar-refractivity contribution in [2.75, 3.05) is 13.7 Å². The number of ether oxygens (including phenoxy) is 6. The number of methoxy groups -OCH3 is 1. The maximum atomic E-state index is 13.8. The highest BCUT2D eigenvalue weighted by Crippen LogP contribution is 2.68. The van der Waals surface area contributed by atoms with E-state index < -0.39 is 46.9 Å². The van der Waals surface area contributed by atoms with Gasteiger partial charge in [-0.2, -0.15) is 0 Å². The third-order valence-electron chi connectivity index (χ3n) is 10.5. The molecule has 46 heavy (non-hydrogen) atoms. The van der Waals surface area contributed by atoms with Crippen LogP contribution in [0, 0.1) is 17.8 Å². The molecule has 0 unspecified atom stereocenters. The first kappa shape index (κ1) is 30.7. The fourth-order valence-corrected chi connectivity index (χ4v) is 8.49. The van der Waals surface area contributed by atoms with Gasteiger partial charge in [0, 0.05) is 24.3 Å². The lowest BCUT2D eigenvalue weighted by Gasteiger charge is -2.59. The number of benzene rings is 2. The topological polar surface area (TPSA) is 130 Å². The van der Waals surface area contributed by atoms with Crippen LogP contribution < -0.4 is 9.47 Å². The summed E-state index contributed by atoms with van der Waals surface area (Å²) in [4.78, 5) is 26.6. The Morgan fingerprint density at radius 1 is 1.13 bits per heavy atom. The van der Waals surface area contributed by atoms with Gasteiger partial charge in [0.1, 0.15) is 29.7 Å². The normalized spacial score (nSPS) is 37.0. The predicted molar refractivity (Wildman–Crippen MR) is 164 cm³/mol. The second-order valence-electron chi connectivity index (χ2n) is 13.3. The fourth-order valence-electron chi connectivity index (χ4n) is 8.49. The molecule has 8 atom stereocenters. The van der Waals surface area contributed by atoms with Gasteiger partial charge in [-0.15, -0.1) is 0 Å². The van der Waals surface area contributed by atoms with Gasteiger partial charge in [-0.05, 0) is 60.6 Å². The van der Waals surface area contributed by atoms with Crippen molar-refractivity contribution < 1.29 is 48.2 Å². The molecular formula is C36H38O10. The SMILES string of the molecule is C=C(C)[C@]12C[C@@H](C)[C@@]34O[C@](Cc5ccccc5)(O[C@@H]1[C@@H]3C=C(COC(=O)Oc1ccc(O)c(OC)c1)C[C@]1(O)C(=O)C(C)=C[C@@H]41)O2. The smallest absolute Gasteiger partial charge is 0.504 e. The number of phenolic OH excluding ortho intramolecular Hbond substituents is 1. The summed E-state index contributed by atoms with van der Waals surface area (Å²) in [5, 5.41) is 22.2. The van der Waals surface area contributed by atoms with Crippen molar-refractivity contribution in [3.05, 3.63) is 89.5 Å². The van der Waals surface area contributed by atoms with Crippen molar-refractivity contribution in [3.8, 4) is 17.2 Å². The molecule has 1 saturated carbocycles. The van der Waals surface area contributed by atoms with Crippen molar-refractivity contribution in [1.29, 1.82) is 0 Å². The molecule has 2 saturated heterocycles. The Morgan fingerprint density at radius 3 is 2.61 bits per heavy atom. The summed E-state index contributed by atoms with van der Waals surface area (Å²) in [6.07, 6.45) is 2.98. The number of hydrogen-bond donors (Lipinski definition) is 2. The summed E-state index contributed by atoms with van der Waals surface area (Å²) in [6, 6.07) is 13.9. The highest BCUT2D eigenvalue weighted by Gasteiger charge is 2.79. The Kier molecular flexibility index (Phi) is 7.02. The zero-order valence-electron chi connectivity index (χ0n) is 26.3. The van der Waals surface area contributed by atoms with E-state index in [9.17, 15) is 19.8 Å². The standard InChI is InChI=1S/C36H38O10/c1-20(2)34-16-22(4)36-26(31(34)44-35(45-34,46-36)18-23-9-7-6-8-10-23)14-24(17-33(40)29(36)13-21(3)30(33)38)19-42-32(39)43-25-11-12-27(37)28(15-25)41-5/h6-15,22,26,29,31,37,40H,1,16-19H2,2-5H3/t22-,26+,29-,31-,33-,34-,35-,36-/m1/s1. The number of rotatable bonds is 7. The van der Waals surface area contributed by atoms with Gasteiger partial charge in [-0.25, -0.2) is 4.79 Å². The average Bonchev–Trinajstić information content (AvgIpc) is 3.32. The van der Waals surface area contributed by atoms with Crippen LogP contribution in [-0.4, -0.2) is 64.7 Å². The summed E-state index contributed by atoms with van der Waals surface area (Å²) in [7, 11) is 1.38. The predicted octanol–water partition coefficient (Wildman–Crippen LogP) is 5.17. The Morgan fingerprint density at radius 2 is 1.89 bits per heavy atom. The summed E-state index contributed by atoms with van der Waals surface area (Å²) in [5.41, 5.74) is -1.09. The summed E-state index contributed by atoms with van der Waals surface area (Å²) < 4.78 is 36.7. The third kappa shape index (κ3) is 4.38. The van der Waals surface area contributed by atoms with Crippen LogP contribution in [0.3, 0.4) is 0 Å². The maximum absolute atomic E-state index is 13.8. The van der Waals surface area contributed by atoms with E-state index in [1.165, 1.54) is 25.3 Å². The van der Waals surface area contributed by atoms with Crippen LogP contribution in [-0.2, 0) is 30.2 Å². The lowest BCUT2D eigenvalue weighted by molar-refractivity contribution is -0.421. The Balaban J connectivity index is 1.27.